The van der Waals surface area contributed by atoms with E-state index < -0.39 is 9.84 Å². The summed E-state index contributed by atoms with van der Waals surface area (Å²) in [4.78, 5) is 11.4. The van der Waals surface area contributed by atoms with Crippen LogP contribution >= 0.6 is 0 Å². The number of carbonyl (C=O) groups is 1. The third kappa shape index (κ3) is 3.44. The summed E-state index contributed by atoms with van der Waals surface area (Å²) in [6, 6.07) is -0.376. The zero-order valence-corrected chi connectivity index (χ0v) is 9.50. The molecule has 0 radical (unpaired) electrons. The summed E-state index contributed by atoms with van der Waals surface area (Å²) in [6.45, 7) is 0.298. The minimum absolute atomic E-state index is 0.0256. The number of methoxy groups -OCH3 is 1. The van der Waals surface area contributed by atoms with E-state index in [-0.39, 0.29) is 29.9 Å². The van der Waals surface area contributed by atoms with E-state index in [0.29, 0.717) is 13.0 Å². The first-order chi connectivity index (χ1) is 6.96. The van der Waals surface area contributed by atoms with Gasteiger partial charge in [-0.1, -0.05) is 0 Å². The molecule has 1 heterocycles. The molecule has 1 saturated heterocycles. The van der Waals surface area contributed by atoms with E-state index in [4.69, 9.17) is 10.6 Å². The molecule has 1 fully saturated rings. The maximum atomic E-state index is 11.4. The van der Waals surface area contributed by atoms with Crippen molar-refractivity contribution in [2.45, 2.75) is 18.9 Å². The minimum Gasteiger partial charge on any atom is -0.384 e. The first-order valence-corrected chi connectivity index (χ1v) is 6.54. The largest absolute Gasteiger partial charge is 0.384 e. The molecule has 6 nitrogen and oxygen atoms in total. The van der Waals surface area contributed by atoms with Crippen LogP contribution in [0.3, 0.4) is 0 Å². The number of hydrogen-bond donors (Lipinski definition) is 1. The van der Waals surface area contributed by atoms with Gasteiger partial charge < -0.3 is 4.74 Å². The number of hydrogen-bond acceptors (Lipinski definition) is 5. The monoisotopic (exact) mass is 236 g/mol. The molecule has 1 amide bonds. The highest BCUT2D eigenvalue weighted by molar-refractivity contribution is 7.91. The predicted molar refractivity (Wildman–Crippen MR) is 54.6 cm³/mol. The van der Waals surface area contributed by atoms with Crippen LogP contribution in [0.2, 0.25) is 0 Å². The average Bonchev–Trinajstić information content (AvgIpc) is 2.54. The summed E-state index contributed by atoms with van der Waals surface area (Å²) in [5, 5.41) is 1.03. The standard InChI is InChI=1S/C8H16N2O4S/c1-14-4-2-8(11)10(9)7-3-5-15(12,13)6-7/h7H,2-6,9H2,1H3. The Hall–Kier alpha value is -0.660. The van der Waals surface area contributed by atoms with E-state index in [1.165, 1.54) is 7.11 Å². The first-order valence-electron chi connectivity index (χ1n) is 4.72. The molecule has 1 aliphatic heterocycles. The molecule has 15 heavy (non-hydrogen) atoms. The third-order valence-corrected chi connectivity index (χ3v) is 4.16. The average molecular weight is 236 g/mol. The van der Waals surface area contributed by atoms with Crippen molar-refractivity contribution in [1.82, 2.24) is 5.01 Å². The van der Waals surface area contributed by atoms with E-state index in [1.54, 1.807) is 0 Å². The zero-order chi connectivity index (χ0) is 11.5. The Bertz CT molecular complexity index is 328. The Morgan fingerprint density at radius 1 is 1.60 bits per heavy atom. The van der Waals surface area contributed by atoms with Crippen molar-refractivity contribution in [2.75, 3.05) is 25.2 Å². The van der Waals surface area contributed by atoms with Crippen LogP contribution in [0.25, 0.3) is 0 Å². The maximum absolute atomic E-state index is 11.4. The summed E-state index contributed by atoms with van der Waals surface area (Å²) in [6.07, 6.45) is 0.612. The van der Waals surface area contributed by atoms with Crippen molar-refractivity contribution in [3.05, 3.63) is 0 Å². The normalized spacial score (nSPS) is 24.0. The summed E-state index contributed by atoms with van der Waals surface area (Å²) >= 11 is 0. The molecular formula is C8H16N2O4S. The van der Waals surface area contributed by atoms with E-state index in [9.17, 15) is 13.2 Å². The van der Waals surface area contributed by atoms with Gasteiger partial charge in [0.15, 0.2) is 9.84 Å². The van der Waals surface area contributed by atoms with E-state index in [0.717, 1.165) is 5.01 Å². The van der Waals surface area contributed by atoms with Crippen molar-refractivity contribution >= 4 is 15.7 Å². The van der Waals surface area contributed by atoms with Gasteiger partial charge >= 0.3 is 0 Å². The van der Waals surface area contributed by atoms with Crippen LogP contribution in [0.4, 0.5) is 0 Å². The van der Waals surface area contributed by atoms with Crippen LogP contribution < -0.4 is 5.84 Å². The molecule has 0 aromatic carbocycles. The van der Waals surface area contributed by atoms with Gasteiger partial charge in [0.1, 0.15) is 0 Å². The quantitative estimate of drug-likeness (QED) is 0.380. The van der Waals surface area contributed by atoms with Crippen LogP contribution in [0.15, 0.2) is 0 Å². The topological polar surface area (TPSA) is 89.7 Å². The Kier molecular flexibility index (Phi) is 4.06. The Labute approximate surface area is 89.3 Å². The van der Waals surface area contributed by atoms with Gasteiger partial charge in [-0.25, -0.2) is 14.3 Å². The van der Waals surface area contributed by atoms with Crippen LogP contribution in [0.1, 0.15) is 12.8 Å². The molecule has 0 spiro atoms. The lowest BCUT2D eigenvalue weighted by molar-refractivity contribution is -0.134. The SMILES string of the molecule is COCCC(=O)N(N)C1CCS(=O)(=O)C1. The lowest BCUT2D eigenvalue weighted by atomic mass is 10.2. The van der Waals surface area contributed by atoms with Crippen LogP contribution in [0.5, 0.6) is 0 Å². The van der Waals surface area contributed by atoms with E-state index in [1.807, 2.05) is 0 Å². The molecule has 0 aromatic heterocycles. The van der Waals surface area contributed by atoms with Crippen LogP contribution in [-0.2, 0) is 19.4 Å². The number of nitrogens with zero attached hydrogens (tertiary/aromatic N) is 1. The molecule has 0 aliphatic carbocycles. The molecule has 1 rings (SSSR count). The molecule has 0 saturated carbocycles. The van der Waals surface area contributed by atoms with Gasteiger partial charge in [0, 0.05) is 7.11 Å². The van der Waals surface area contributed by atoms with Gasteiger partial charge in [0.05, 0.1) is 30.6 Å². The summed E-state index contributed by atoms with van der Waals surface area (Å²) in [5.74, 6) is 5.36. The second-order valence-corrected chi connectivity index (χ2v) is 5.83. The van der Waals surface area contributed by atoms with Crippen molar-refractivity contribution in [2.24, 2.45) is 5.84 Å². The summed E-state index contributed by atoms with van der Waals surface area (Å²) < 4.78 is 27.1. The highest BCUT2D eigenvalue weighted by Gasteiger charge is 2.33. The van der Waals surface area contributed by atoms with Crippen molar-refractivity contribution in [1.29, 1.82) is 0 Å². The van der Waals surface area contributed by atoms with Crippen molar-refractivity contribution in [3.63, 3.8) is 0 Å². The fourth-order valence-electron chi connectivity index (χ4n) is 1.52. The molecule has 7 heteroatoms. The Balaban J connectivity index is 2.47. The molecular weight excluding hydrogens is 220 g/mol. The number of amides is 1. The second kappa shape index (κ2) is 4.91. The number of sulfone groups is 1. The van der Waals surface area contributed by atoms with Gasteiger partial charge in [-0.15, -0.1) is 0 Å². The summed E-state index contributed by atoms with van der Waals surface area (Å²) in [5.41, 5.74) is 0. The van der Waals surface area contributed by atoms with Gasteiger partial charge in [0.2, 0.25) is 5.91 Å². The smallest absolute Gasteiger partial charge is 0.239 e. The van der Waals surface area contributed by atoms with Gasteiger partial charge in [-0.3, -0.25) is 9.80 Å². The minimum atomic E-state index is -3.00. The fourth-order valence-corrected chi connectivity index (χ4v) is 3.23. The molecule has 0 aromatic rings. The number of carbonyl (C=O) groups excluding carboxylic acids is 1. The third-order valence-electron chi connectivity index (χ3n) is 2.41. The van der Waals surface area contributed by atoms with Gasteiger partial charge in [-0.05, 0) is 6.42 Å². The Morgan fingerprint density at radius 2 is 2.27 bits per heavy atom. The van der Waals surface area contributed by atoms with Crippen molar-refractivity contribution < 1.29 is 17.9 Å². The molecule has 1 atom stereocenters. The molecule has 88 valence electrons. The molecule has 0 bridgehead atoms. The van der Waals surface area contributed by atoms with E-state index in [2.05, 4.69) is 0 Å². The lowest BCUT2D eigenvalue weighted by Gasteiger charge is -2.22. The fraction of sp³-hybridized carbons (Fsp3) is 0.875. The van der Waals surface area contributed by atoms with Crippen LogP contribution in [-0.4, -0.2) is 50.6 Å². The van der Waals surface area contributed by atoms with E-state index >= 15 is 0 Å². The maximum Gasteiger partial charge on any atom is 0.239 e. The van der Waals surface area contributed by atoms with Crippen LogP contribution in [0, 0.1) is 0 Å². The van der Waals surface area contributed by atoms with Gasteiger partial charge in [-0.2, -0.15) is 0 Å². The van der Waals surface area contributed by atoms with Crippen molar-refractivity contribution in [3.8, 4) is 0 Å². The highest BCUT2D eigenvalue weighted by Crippen LogP contribution is 2.15. The molecule has 1 aliphatic rings. The lowest BCUT2D eigenvalue weighted by Crippen LogP contribution is -2.46. The summed E-state index contributed by atoms with van der Waals surface area (Å²) in [7, 11) is -1.51. The molecule has 1 unspecified atom stereocenters. The number of rotatable bonds is 4. The first kappa shape index (κ1) is 12.4. The second-order valence-electron chi connectivity index (χ2n) is 3.60. The highest BCUT2D eigenvalue weighted by atomic mass is 32.2. The number of ether oxygens (including phenoxy) is 1. The molecule has 2 N–H and O–H groups in total. The zero-order valence-electron chi connectivity index (χ0n) is 8.68. The Morgan fingerprint density at radius 3 is 2.73 bits per heavy atom. The number of hydrazine groups is 1. The number of nitrogens with two attached hydrogens (primary N) is 1. The predicted octanol–water partition coefficient (Wildman–Crippen LogP) is -1.09. The van der Waals surface area contributed by atoms with Gasteiger partial charge in [0.25, 0.3) is 0 Å².